The van der Waals surface area contributed by atoms with Crippen LogP contribution in [0.1, 0.15) is 31.4 Å². The summed E-state index contributed by atoms with van der Waals surface area (Å²) in [6, 6.07) is 22.5. The number of esters is 1. The number of rotatable bonds is 4. The first-order chi connectivity index (χ1) is 12.2. The Hall–Kier alpha value is -2.80. The fourth-order valence-corrected chi connectivity index (χ4v) is 3.64. The van der Waals surface area contributed by atoms with E-state index in [2.05, 4.69) is 23.1 Å². The van der Waals surface area contributed by atoms with Crippen molar-refractivity contribution in [2.24, 2.45) is 5.92 Å². The van der Waals surface area contributed by atoms with E-state index < -0.39 is 0 Å². The quantitative estimate of drug-likeness (QED) is 0.790. The topological polar surface area (TPSA) is 53.3 Å². The summed E-state index contributed by atoms with van der Waals surface area (Å²) < 4.78 is 5.34. The number of ether oxygens (including phenoxy) is 1. The first-order valence-corrected chi connectivity index (χ1v) is 8.62. The van der Waals surface area contributed by atoms with E-state index in [4.69, 9.17) is 4.74 Å². The van der Waals surface area contributed by atoms with Gasteiger partial charge in [-0.1, -0.05) is 48.5 Å². The number of nitriles is 1. The van der Waals surface area contributed by atoms with Crippen LogP contribution in [-0.2, 0) is 9.53 Å². The van der Waals surface area contributed by atoms with Gasteiger partial charge in [0.25, 0.3) is 0 Å². The second-order valence-electron chi connectivity index (χ2n) is 6.38. The monoisotopic (exact) mass is 334 g/mol. The van der Waals surface area contributed by atoms with Gasteiger partial charge >= 0.3 is 5.97 Å². The second-order valence-corrected chi connectivity index (χ2v) is 6.38. The Balaban J connectivity index is 2.02. The van der Waals surface area contributed by atoms with Crippen molar-refractivity contribution >= 4 is 11.7 Å². The highest BCUT2D eigenvalue weighted by molar-refractivity contribution is 5.66. The van der Waals surface area contributed by atoms with Gasteiger partial charge in [-0.05, 0) is 30.5 Å². The fraction of sp³-hybridized carbons (Fsp3) is 0.333. The molecular formula is C21H22N2O2. The van der Waals surface area contributed by atoms with Gasteiger partial charge in [-0.25, -0.2) is 0 Å². The van der Waals surface area contributed by atoms with Crippen LogP contribution in [0.3, 0.4) is 0 Å². The lowest BCUT2D eigenvalue weighted by Crippen LogP contribution is -2.46. The van der Waals surface area contributed by atoms with Crippen LogP contribution in [-0.4, -0.2) is 18.6 Å². The summed E-state index contributed by atoms with van der Waals surface area (Å²) in [6.07, 6.45) is 1.62. The summed E-state index contributed by atoms with van der Waals surface area (Å²) in [5.74, 6) is -0.114. The highest BCUT2D eigenvalue weighted by Crippen LogP contribution is 2.42. The van der Waals surface area contributed by atoms with E-state index in [9.17, 15) is 10.1 Å². The van der Waals surface area contributed by atoms with E-state index in [1.54, 1.807) is 0 Å². The molecule has 3 atom stereocenters. The summed E-state index contributed by atoms with van der Waals surface area (Å²) in [6.45, 7) is 1.81. The number of carbonyl (C=O) groups is 1. The van der Waals surface area contributed by atoms with Crippen LogP contribution in [0.2, 0.25) is 0 Å². The molecule has 1 heterocycles. The molecule has 0 amide bonds. The summed E-state index contributed by atoms with van der Waals surface area (Å²) >= 11 is 0. The second kappa shape index (κ2) is 7.85. The molecule has 0 aromatic heterocycles. The van der Waals surface area contributed by atoms with Crippen LogP contribution in [0.4, 0.5) is 5.69 Å². The number of anilines is 1. The van der Waals surface area contributed by atoms with Gasteiger partial charge in [-0.2, -0.15) is 5.26 Å². The lowest BCUT2D eigenvalue weighted by atomic mass is 9.82. The summed E-state index contributed by atoms with van der Waals surface area (Å²) in [5, 5.41) is 9.71. The number of carbonyl (C=O) groups excluding carboxylic acids is 1. The van der Waals surface area contributed by atoms with Crippen LogP contribution >= 0.6 is 0 Å². The third kappa shape index (κ3) is 3.83. The maximum atomic E-state index is 11.3. The molecule has 2 aromatic rings. The van der Waals surface area contributed by atoms with Crippen molar-refractivity contribution in [2.75, 3.05) is 11.5 Å². The van der Waals surface area contributed by atoms with E-state index >= 15 is 0 Å². The van der Waals surface area contributed by atoms with Crippen molar-refractivity contribution in [3.05, 3.63) is 66.2 Å². The summed E-state index contributed by atoms with van der Waals surface area (Å²) in [4.78, 5) is 13.5. The standard InChI is InChI=1S/C21H22N2O2/c1-16(24)25-15-18-12-13-20(14-22)23(19-10-6-3-7-11-19)21(18)17-8-4-2-5-9-17/h2-11,18,20-21H,12-13,15H2,1H3/t18-,20?,21-/m1/s1. The molecule has 0 radical (unpaired) electrons. The Labute approximate surface area is 148 Å². The zero-order chi connectivity index (χ0) is 17.6. The number of para-hydroxylation sites is 1. The smallest absolute Gasteiger partial charge is 0.302 e. The normalized spacial score (nSPS) is 22.9. The van der Waals surface area contributed by atoms with E-state index in [0.717, 1.165) is 24.1 Å². The van der Waals surface area contributed by atoms with E-state index in [1.165, 1.54) is 6.92 Å². The minimum Gasteiger partial charge on any atom is -0.465 e. The molecule has 0 bridgehead atoms. The fourth-order valence-electron chi connectivity index (χ4n) is 3.64. The third-order valence-corrected chi connectivity index (χ3v) is 4.74. The van der Waals surface area contributed by atoms with Crippen molar-refractivity contribution in [2.45, 2.75) is 31.8 Å². The Bertz CT molecular complexity index is 739. The first kappa shape index (κ1) is 17.0. The predicted octanol–water partition coefficient (Wildman–Crippen LogP) is 4.10. The van der Waals surface area contributed by atoms with Gasteiger partial charge in [0.05, 0.1) is 18.7 Å². The average Bonchev–Trinajstić information content (AvgIpc) is 2.66. The van der Waals surface area contributed by atoms with Crippen molar-refractivity contribution in [1.29, 1.82) is 5.26 Å². The van der Waals surface area contributed by atoms with Crippen LogP contribution in [0.15, 0.2) is 60.7 Å². The largest absolute Gasteiger partial charge is 0.465 e. The van der Waals surface area contributed by atoms with Gasteiger partial charge in [-0.15, -0.1) is 0 Å². The van der Waals surface area contributed by atoms with Gasteiger partial charge in [0.2, 0.25) is 0 Å². The van der Waals surface area contributed by atoms with Gasteiger partial charge in [0.15, 0.2) is 0 Å². The Morgan fingerprint density at radius 3 is 2.36 bits per heavy atom. The molecule has 1 unspecified atom stereocenters. The summed E-state index contributed by atoms with van der Waals surface area (Å²) in [5.41, 5.74) is 2.17. The van der Waals surface area contributed by atoms with Gasteiger partial charge in [-0.3, -0.25) is 4.79 Å². The molecule has 1 saturated heterocycles. The number of hydrogen-bond acceptors (Lipinski definition) is 4. The minimum atomic E-state index is -0.263. The highest BCUT2D eigenvalue weighted by Gasteiger charge is 2.38. The van der Waals surface area contributed by atoms with Gasteiger partial charge in [0, 0.05) is 18.5 Å². The Morgan fingerprint density at radius 1 is 1.12 bits per heavy atom. The molecule has 0 N–H and O–H groups in total. The minimum absolute atomic E-state index is 0.00125. The molecule has 1 aliphatic heterocycles. The van der Waals surface area contributed by atoms with Crippen molar-refractivity contribution in [3.8, 4) is 6.07 Å². The zero-order valence-corrected chi connectivity index (χ0v) is 14.3. The molecule has 0 spiro atoms. The van der Waals surface area contributed by atoms with E-state index in [-0.39, 0.29) is 24.0 Å². The summed E-state index contributed by atoms with van der Waals surface area (Å²) in [7, 11) is 0. The van der Waals surface area contributed by atoms with Crippen LogP contribution < -0.4 is 4.90 Å². The third-order valence-electron chi connectivity index (χ3n) is 4.74. The molecule has 4 heteroatoms. The van der Waals surface area contributed by atoms with Crippen LogP contribution in [0.5, 0.6) is 0 Å². The van der Waals surface area contributed by atoms with Crippen molar-refractivity contribution in [1.82, 2.24) is 0 Å². The Kier molecular flexibility index (Phi) is 5.35. The van der Waals surface area contributed by atoms with Gasteiger partial charge < -0.3 is 9.64 Å². The van der Waals surface area contributed by atoms with E-state index in [1.807, 2.05) is 48.5 Å². The molecule has 25 heavy (non-hydrogen) atoms. The lowest BCUT2D eigenvalue weighted by molar-refractivity contribution is -0.142. The zero-order valence-electron chi connectivity index (χ0n) is 14.3. The molecule has 3 rings (SSSR count). The molecular weight excluding hydrogens is 312 g/mol. The number of piperidine rings is 1. The maximum absolute atomic E-state index is 11.3. The molecule has 0 aliphatic carbocycles. The highest BCUT2D eigenvalue weighted by atomic mass is 16.5. The SMILES string of the molecule is CC(=O)OC[C@H]1CCC(C#N)N(c2ccccc2)[C@@H]1c1ccccc1. The van der Waals surface area contributed by atoms with E-state index in [0.29, 0.717) is 6.61 Å². The average molecular weight is 334 g/mol. The van der Waals surface area contributed by atoms with Crippen molar-refractivity contribution in [3.63, 3.8) is 0 Å². The number of benzene rings is 2. The van der Waals surface area contributed by atoms with Crippen molar-refractivity contribution < 1.29 is 9.53 Å². The molecule has 0 saturated carbocycles. The lowest BCUT2D eigenvalue weighted by Gasteiger charge is -2.45. The number of hydrogen-bond donors (Lipinski definition) is 0. The molecule has 1 aliphatic rings. The molecule has 128 valence electrons. The van der Waals surface area contributed by atoms with Crippen LogP contribution in [0.25, 0.3) is 0 Å². The first-order valence-electron chi connectivity index (χ1n) is 8.62. The maximum Gasteiger partial charge on any atom is 0.302 e. The molecule has 1 fully saturated rings. The predicted molar refractivity (Wildman–Crippen MR) is 96.9 cm³/mol. The van der Waals surface area contributed by atoms with Gasteiger partial charge in [0.1, 0.15) is 6.04 Å². The van der Waals surface area contributed by atoms with Crippen LogP contribution in [0, 0.1) is 17.2 Å². The Morgan fingerprint density at radius 2 is 1.76 bits per heavy atom. The number of nitrogens with zero attached hydrogens (tertiary/aromatic N) is 2. The molecule has 2 aromatic carbocycles. The molecule has 4 nitrogen and oxygen atoms in total.